The van der Waals surface area contributed by atoms with E-state index in [-0.39, 0.29) is 0 Å². The zero-order valence-electron chi connectivity index (χ0n) is 9.65. The predicted octanol–water partition coefficient (Wildman–Crippen LogP) is 2.90. The van der Waals surface area contributed by atoms with Gasteiger partial charge >= 0.3 is 0 Å². The first-order valence-electron chi connectivity index (χ1n) is 5.75. The van der Waals surface area contributed by atoms with E-state index in [1.54, 1.807) is 11.3 Å². The molecule has 2 aromatic heterocycles. The van der Waals surface area contributed by atoms with Gasteiger partial charge in [0.2, 0.25) is 0 Å². The first kappa shape index (κ1) is 11.4. The Balaban J connectivity index is 1.68. The molecule has 2 nitrogen and oxygen atoms in total. The van der Waals surface area contributed by atoms with Gasteiger partial charge in [-0.15, -0.1) is 0 Å². The molecule has 1 N–H and O–H groups in total. The van der Waals surface area contributed by atoms with Crippen molar-refractivity contribution >= 4 is 11.3 Å². The average Bonchev–Trinajstić information content (AvgIpc) is 2.95. The topological polar surface area (TPSA) is 17.0 Å². The summed E-state index contributed by atoms with van der Waals surface area (Å²) in [5, 5.41) is 7.82. The predicted molar refractivity (Wildman–Crippen MR) is 69.8 cm³/mol. The van der Waals surface area contributed by atoms with Gasteiger partial charge in [0, 0.05) is 25.5 Å². The molecular weight excluding hydrogens is 216 g/mol. The molecule has 2 heterocycles. The summed E-state index contributed by atoms with van der Waals surface area (Å²) in [6, 6.07) is 4.38. The zero-order valence-corrected chi connectivity index (χ0v) is 10.5. The molecule has 0 bridgehead atoms. The van der Waals surface area contributed by atoms with Crippen LogP contribution in [-0.2, 0) is 19.5 Å². The van der Waals surface area contributed by atoms with Crippen molar-refractivity contribution in [2.45, 2.75) is 26.4 Å². The van der Waals surface area contributed by atoms with Gasteiger partial charge in [0.05, 0.1) is 0 Å². The number of rotatable bonds is 6. The largest absolute Gasteiger partial charge is 0.354 e. The molecule has 0 aliphatic heterocycles. The van der Waals surface area contributed by atoms with Crippen molar-refractivity contribution in [2.24, 2.45) is 0 Å². The Morgan fingerprint density at radius 2 is 2.25 bits per heavy atom. The van der Waals surface area contributed by atoms with Crippen LogP contribution in [0.4, 0.5) is 0 Å². The van der Waals surface area contributed by atoms with Crippen LogP contribution >= 0.6 is 11.3 Å². The molecule has 0 fully saturated rings. The molecule has 86 valence electrons. The molecule has 0 aliphatic carbocycles. The average molecular weight is 234 g/mol. The fourth-order valence-corrected chi connectivity index (χ4v) is 2.40. The van der Waals surface area contributed by atoms with Crippen LogP contribution in [0.2, 0.25) is 0 Å². The number of hydrogen-bond donors (Lipinski definition) is 1. The molecule has 16 heavy (non-hydrogen) atoms. The molecular formula is C13H18N2S. The van der Waals surface area contributed by atoms with Gasteiger partial charge in [-0.3, -0.25) is 0 Å². The van der Waals surface area contributed by atoms with Gasteiger partial charge in [-0.25, -0.2) is 0 Å². The van der Waals surface area contributed by atoms with E-state index in [2.05, 4.69) is 52.1 Å². The van der Waals surface area contributed by atoms with Gasteiger partial charge < -0.3 is 9.88 Å². The molecule has 0 amide bonds. The number of aromatic nitrogens is 1. The van der Waals surface area contributed by atoms with E-state index in [4.69, 9.17) is 0 Å². The maximum atomic E-state index is 3.47. The molecule has 2 rings (SSSR count). The molecule has 0 aromatic carbocycles. The molecule has 0 saturated heterocycles. The fourth-order valence-electron chi connectivity index (χ4n) is 1.69. The van der Waals surface area contributed by atoms with Gasteiger partial charge in [-0.05, 0) is 53.9 Å². The lowest BCUT2D eigenvalue weighted by Crippen LogP contribution is -2.16. The quantitative estimate of drug-likeness (QED) is 0.760. The minimum atomic E-state index is 0.969. The smallest absolute Gasteiger partial charge is 0.0220 e. The number of hydrogen-bond acceptors (Lipinski definition) is 2. The first-order valence-corrected chi connectivity index (χ1v) is 6.69. The van der Waals surface area contributed by atoms with E-state index in [0.717, 1.165) is 26.1 Å². The van der Waals surface area contributed by atoms with Crippen LogP contribution in [0.15, 0.2) is 35.3 Å². The van der Waals surface area contributed by atoms with Gasteiger partial charge in [0.15, 0.2) is 0 Å². The van der Waals surface area contributed by atoms with E-state index < -0.39 is 0 Å². The highest BCUT2D eigenvalue weighted by Crippen LogP contribution is 2.06. The highest BCUT2D eigenvalue weighted by Gasteiger charge is 1.96. The summed E-state index contributed by atoms with van der Waals surface area (Å²) in [6.07, 6.45) is 5.46. The van der Waals surface area contributed by atoms with Crippen LogP contribution in [0.5, 0.6) is 0 Å². The molecule has 0 atom stereocenters. The second-order valence-electron chi connectivity index (χ2n) is 3.91. The van der Waals surface area contributed by atoms with Gasteiger partial charge in [0.25, 0.3) is 0 Å². The van der Waals surface area contributed by atoms with E-state index in [9.17, 15) is 0 Å². The third kappa shape index (κ3) is 3.22. The van der Waals surface area contributed by atoms with Gasteiger partial charge in [0.1, 0.15) is 0 Å². The van der Waals surface area contributed by atoms with Crippen LogP contribution in [-0.4, -0.2) is 11.1 Å². The van der Waals surface area contributed by atoms with Gasteiger partial charge in [-0.1, -0.05) is 0 Å². The summed E-state index contributed by atoms with van der Waals surface area (Å²) in [4.78, 5) is 0. The molecule has 0 spiro atoms. The molecule has 0 saturated carbocycles. The Morgan fingerprint density at radius 3 is 2.94 bits per heavy atom. The maximum Gasteiger partial charge on any atom is 0.0220 e. The van der Waals surface area contributed by atoms with E-state index in [1.807, 2.05) is 0 Å². The lowest BCUT2D eigenvalue weighted by Gasteiger charge is -2.01. The number of thiophene rings is 1. The lowest BCUT2D eigenvalue weighted by molar-refractivity contribution is 0.683. The number of nitrogens with zero attached hydrogens (tertiary/aromatic N) is 1. The van der Waals surface area contributed by atoms with Crippen LogP contribution < -0.4 is 5.32 Å². The van der Waals surface area contributed by atoms with Crippen LogP contribution in [0, 0.1) is 0 Å². The third-order valence-electron chi connectivity index (χ3n) is 2.68. The lowest BCUT2D eigenvalue weighted by atomic mass is 10.2. The van der Waals surface area contributed by atoms with Crippen molar-refractivity contribution in [3.63, 3.8) is 0 Å². The van der Waals surface area contributed by atoms with E-state index >= 15 is 0 Å². The van der Waals surface area contributed by atoms with Crippen LogP contribution in [0.3, 0.4) is 0 Å². The summed E-state index contributed by atoms with van der Waals surface area (Å²) in [7, 11) is 0. The summed E-state index contributed by atoms with van der Waals surface area (Å²) >= 11 is 1.77. The van der Waals surface area contributed by atoms with Crippen LogP contribution in [0.1, 0.15) is 18.1 Å². The van der Waals surface area contributed by atoms with Crippen molar-refractivity contribution < 1.29 is 0 Å². The Bertz CT molecular complexity index is 403. The normalized spacial score (nSPS) is 10.8. The SMILES string of the molecule is CCn1ccc(CNCCc2ccsc2)c1. The molecule has 0 unspecified atom stereocenters. The Kier molecular flexibility index (Phi) is 4.19. The van der Waals surface area contributed by atoms with Crippen LogP contribution in [0.25, 0.3) is 0 Å². The third-order valence-corrected chi connectivity index (χ3v) is 3.41. The van der Waals surface area contributed by atoms with Gasteiger partial charge in [-0.2, -0.15) is 11.3 Å². The minimum absolute atomic E-state index is 0.969. The Hall–Kier alpha value is -1.06. The molecule has 2 aromatic rings. The monoisotopic (exact) mass is 234 g/mol. The Morgan fingerprint density at radius 1 is 1.31 bits per heavy atom. The molecule has 0 aliphatic rings. The van der Waals surface area contributed by atoms with Crippen molar-refractivity contribution in [1.82, 2.24) is 9.88 Å². The molecule has 3 heteroatoms. The number of nitrogens with one attached hydrogen (secondary N) is 1. The summed E-state index contributed by atoms with van der Waals surface area (Å²) in [5.74, 6) is 0. The van der Waals surface area contributed by atoms with E-state index in [1.165, 1.54) is 11.1 Å². The highest BCUT2D eigenvalue weighted by atomic mass is 32.1. The fraction of sp³-hybridized carbons (Fsp3) is 0.385. The van der Waals surface area contributed by atoms with Crippen molar-refractivity contribution in [1.29, 1.82) is 0 Å². The highest BCUT2D eigenvalue weighted by molar-refractivity contribution is 7.07. The van der Waals surface area contributed by atoms with Crippen molar-refractivity contribution in [3.8, 4) is 0 Å². The molecule has 0 radical (unpaired) electrons. The summed E-state index contributed by atoms with van der Waals surface area (Å²) in [5.41, 5.74) is 2.80. The van der Waals surface area contributed by atoms with Crippen molar-refractivity contribution in [3.05, 3.63) is 46.4 Å². The maximum absolute atomic E-state index is 3.47. The summed E-state index contributed by atoms with van der Waals surface area (Å²) in [6.45, 7) is 5.23. The first-order chi connectivity index (χ1) is 7.88. The Labute approximate surface area is 101 Å². The zero-order chi connectivity index (χ0) is 11.2. The standard InChI is InChI=1S/C13H18N2S/c1-2-15-7-4-13(10-15)9-14-6-3-12-5-8-16-11-12/h4-5,7-8,10-11,14H,2-3,6,9H2,1H3. The minimum Gasteiger partial charge on any atom is -0.354 e. The summed E-state index contributed by atoms with van der Waals surface area (Å²) < 4.78 is 2.20. The number of aryl methyl sites for hydroxylation is 1. The van der Waals surface area contributed by atoms with Crippen molar-refractivity contribution in [2.75, 3.05) is 6.54 Å². The second kappa shape index (κ2) is 5.87. The second-order valence-corrected chi connectivity index (χ2v) is 4.69. The van der Waals surface area contributed by atoms with E-state index in [0.29, 0.717) is 0 Å².